The van der Waals surface area contributed by atoms with Crippen LogP contribution < -0.4 is 11.1 Å². The average molecular weight is 398 g/mol. The van der Waals surface area contributed by atoms with Crippen LogP contribution in [0, 0.1) is 5.41 Å². The Morgan fingerprint density at radius 2 is 1.44 bits per heavy atom. The fourth-order valence-corrected chi connectivity index (χ4v) is 1.93. The maximum absolute atomic E-state index is 10.3. The van der Waals surface area contributed by atoms with E-state index in [1.54, 1.807) is 7.05 Å². The predicted octanol–water partition coefficient (Wildman–Crippen LogP) is -1.88. The van der Waals surface area contributed by atoms with Gasteiger partial charge in [0.1, 0.15) is 13.2 Å². The number of carboxylic acid groups (broad SMARTS) is 2. The zero-order chi connectivity index (χ0) is 21.3. The van der Waals surface area contributed by atoms with Gasteiger partial charge < -0.3 is 45.7 Å². The van der Waals surface area contributed by atoms with Crippen LogP contribution in [-0.2, 0) is 23.8 Å². The van der Waals surface area contributed by atoms with Crippen molar-refractivity contribution in [3.05, 3.63) is 0 Å². The third-order valence-corrected chi connectivity index (χ3v) is 3.96. The highest BCUT2D eigenvalue weighted by atomic mass is 16.5. The Kier molecular flexibility index (Phi) is 16.2. The molecule has 11 heteroatoms. The van der Waals surface area contributed by atoms with Gasteiger partial charge in [0.2, 0.25) is 0 Å². The minimum Gasteiger partial charge on any atom is -0.480 e. The molecule has 0 amide bonds. The van der Waals surface area contributed by atoms with Crippen LogP contribution in [0.1, 0.15) is 13.3 Å². The zero-order valence-corrected chi connectivity index (χ0v) is 16.3. The van der Waals surface area contributed by atoms with Crippen molar-refractivity contribution in [1.82, 2.24) is 5.32 Å². The smallest absolute Gasteiger partial charge is 0.329 e. The summed E-state index contributed by atoms with van der Waals surface area (Å²) in [6.45, 7) is 1.32. The third-order valence-electron chi connectivity index (χ3n) is 3.96. The number of nitrogens with two attached hydrogens (primary N) is 1. The van der Waals surface area contributed by atoms with Crippen LogP contribution in [0.2, 0.25) is 0 Å². The van der Waals surface area contributed by atoms with Crippen LogP contribution in [-0.4, -0.2) is 105 Å². The van der Waals surface area contributed by atoms with Gasteiger partial charge in [-0.1, -0.05) is 6.92 Å². The summed E-state index contributed by atoms with van der Waals surface area (Å²) in [6.07, 6.45) is 0.733. The van der Waals surface area contributed by atoms with E-state index in [1.165, 1.54) is 7.11 Å². The minimum absolute atomic E-state index is 0.0171. The predicted molar refractivity (Wildman–Crippen MR) is 96.5 cm³/mol. The molecule has 7 N–H and O–H groups in total. The Balaban J connectivity index is 0. The highest BCUT2D eigenvalue weighted by Gasteiger charge is 2.30. The first-order chi connectivity index (χ1) is 12.7. The molecule has 0 spiro atoms. The standard InChI is InChI=1S/C10H19NO7.C6H15NO2/c1-16-5-10(4-11,6-17-2-8(12)13)7-18-3-9(14)15;1-3-6(4-8,5-9)7-2/h2-7,11H2,1H3,(H,12,13)(H,14,15);7-9H,3-5H2,1-2H3. The molecule has 0 saturated heterocycles. The van der Waals surface area contributed by atoms with Crippen LogP contribution in [0.25, 0.3) is 0 Å². The van der Waals surface area contributed by atoms with E-state index in [9.17, 15) is 9.59 Å². The molecule has 0 aliphatic heterocycles. The van der Waals surface area contributed by atoms with E-state index in [4.69, 9.17) is 40.4 Å². The normalized spacial score (nSPS) is 11.6. The molecule has 0 unspecified atom stereocenters. The van der Waals surface area contributed by atoms with Gasteiger partial charge in [-0.05, 0) is 13.5 Å². The lowest BCUT2D eigenvalue weighted by molar-refractivity contribution is -0.147. The number of carbonyl (C=O) groups is 2. The molecule has 162 valence electrons. The largest absolute Gasteiger partial charge is 0.480 e. The van der Waals surface area contributed by atoms with Gasteiger partial charge in [-0.2, -0.15) is 0 Å². The molecule has 11 nitrogen and oxygen atoms in total. The van der Waals surface area contributed by atoms with Crippen molar-refractivity contribution >= 4 is 11.9 Å². The highest BCUT2D eigenvalue weighted by Crippen LogP contribution is 2.17. The zero-order valence-electron chi connectivity index (χ0n) is 16.3. The number of rotatable bonds is 15. The number of carboxylic acids is 2. The summed E-state index contributed by atoms with van der Waals surface area (Å²) in [5.74, 6) is -2.19. The number of aliphatic hydroxyl groups is 2. The van der Waals surface area contributed by atoms with E-state index in [2.05, 4.69) is 5.32 Å². The number of ether oxygens (including phenoxy) is 3. The van der Waals surface area contributed by atoms with E-state index in [1.807, 2.05) is 6.92 Å². The Morgan fingerprint density at radius 3 is 1.63 bits per heavy atom. The van der Waals surface area contributed by atoms with Gasteiger partial charge in [0.15, 0.2) is 0 Å². The molecule has 0 fully saturated rings. The van der Waals surface area contributed by atoms with Crippen molar-refractivity contribution in [3.8, 4) is 0 Å². The third kappa shape index (κ3) is 12.6. The van der Waals surface area contributed by atoms with Crippen molar-refractivity contribution in [1.29, 1.82) is 0 Å². The fraction of sp³-hybridized carbons (Fsp3) is 0.875. The van der Waals surface area contributed by atoms with Gasteiger partial charge in [-0.15, -0.1) is 0 Å². The molecule has 0 atom stereocenters. The van der Waals surface area contributed by atoms with Crippen LogP contribution in [0.15, 0.2) is 0 Å². The van der Waals surface area contributed by atoms with Gasteiger partial charge in [0.05, 0.1) is 44.0 Å². The number of likely N-dealkylation sites (N-methyl/N-ethyl adjacent to an activating group) is 1. The molecule has 0 radical (unpaired) electrons. The second kappa shape index (κ2) is 15.7. The minimum atomic E-state index is -1.09. The molecule has 0 aliphatic carbocycles. The summed E-state index contributed by atoms with van der Waals surface area (Å²) >= 11 is 0. The SMILES string of the molecule is CCC(CO)(CO)NC.COCC(CN)(COCC(=O)O)COCC(=O)O. The lowest BCUT2D eigenvalue weighted by Crippen LogP contribution is -2.49. The number of nitrogens with one attached hydrogen (secondary N) is 1. The van der Waals surface area contributed by atoms with Crippen molar-refractivity contribution in [2.24, 2.45) is 11.1 Å². The molecular formula is C16H34N2O9. The maximum atomic E-state index is 10.3. The van der Waals surface area contributed by atoms with Gasteiger partial charge in [0.25, 0.3) is 0 Å². The Bertz CT molecular complexity index is 366. The summed E-state index contributed by atoms with van der Waals surface area (Å²) in [4.78, 5) is 20.7. The second-order valence-corrected chi connectivity index (χ2v) is 6.11. The molecule has 0 aromatic heterocycles. The maximum Gasteiger partial charge on any atom is 0.329 e. The number of aliphatic hydroxyl groups excluding tert-OH is 2. The molecule has 27 heavy (non-hydrogen) atoms. The summed E-state index contributed by atoms with van der Waals surface area (Å²) in [6, 6.07) is 0. The molecule has 0 heterocycles. The molecule has 0 bridgehead atoms. The average Bonchev–Trinajstić information content (AvgIpc) is 2.64. The van der Waals surface area contributed by atoms with Crippen molar-refractivity contribution in [3.63, 3.8) is 0 Å². The monoisotopic (exact) mass is 398 g/mol. The molecule has 0 aromatic carbocycles. The first-order valence-corrected chi connectivity index (χ1v) is 8.39. The summed E-state index contributed by atoms with van der Waals surface area (Å²) in [5.41, 5.74) is 4.37. The Hall–Kier alpha value is -1.34. The molecule has 0 rings (SSSR count). The number of aliphatic carboxylic acids is 2. The van der Waals surface area contributed by atoms with Crippen molar-refractivity contribution < 1.29 is 44.2 Å². The summed E-state index contributed by atoms with van der Waals surface area (Å²) < 4.78 is 14.9. The van der Waals surface area contributed by atoms with E-state index in [0.29, 0.717) is 0 Å². The first kappa shape index (κ1) is 27.9. The van der Waals surface area contributed by atoms with Gasteiger partial charge >= 0.3 is 11.9 Å². The van der Waals surface area contributed by atoms with Crippen LogP contribution >= 0.6 is 0 Å². The first-order valence-electron chi connectivity index (χ1n) is 8.39. The van der Waals surface area contributed by atoms with Gasteiger partial charge in [-0.25, -0.2) is 9.59 Å². The van der Waals surface area contributed by atoms with Crippen LogP contribution in [0.3, 0.4) is 0 Å². The topological polar surface area (TPSA) is 181 Å². The second-order valence-electron chi connectivity index (χ2n) is 6.11. The van der Waals surface area contributed by atoms with Crippen molar-refractivity contribution in [2.45, 2.75) is 18.9 Å². The van der Waals surface area contributed by atoms with Crippen molar-refractivity contribution in [2.75, 3.05) is 67.0 Å². The lowest BCUT2D eigenvalue weighted by atomic mass is 9.91. The summed E-state index contributed by atoms with van der Waals surface area (Å²) in [5, 5.41) is 37.3. The molecular weight excluding hydrogens is 364 g/mol. The van der Waals surface area contributed by atoms with E-state index in [0.717, 1.165) is 6.42 Å². The molecule has 0 aromatic rings. The molecule has 0 aliphatic rings. The number of hydrogen-bond donors (Lipinski definition) is 6. The fourth-order valence-electron chi connectivity index (χ4n) is 1.93. The van der Waals surface area contributed by atoms with Crippen LogP contribution in [0.4, 0.5) is 0 Å². The molecule has 0 saturated carbocycles. The number of methoxy groups -OCH3 is 1. The van der Waals surface area contributed by atoms with E-state index < -0.39 is 36.1 Å². The van der Waals surface area contributed by atoms with Gasteiger partial charge in [0, 0.05) is 13.7 Å². The van der Waals surface area contributed by atoms with Crippen LogP contribution in [0.5, 0.6) is 0 Å². The Labute approximate surface area is 159 Å². The Morgan fingerprint density at radius 1 is 1.00 bits per heavy atom. The lowest BCUT2D eigenvalue weighted by Gasteiger charge is -2.30. The number of hydrogen-bond acceptors (Lipinski definition) is 9. The van der Waals surface area contributed by atoms with Gasteiger partial charge in [-0.3, -0.25) is 0 Å². The quantitative estimate of drug-likeness (QED) is 0.182. The highest BCUT2D eigenvalue weighted by molar-refractivity contribution is 5.68. The van der Waals surface area contributed by atoms with E-state index in [-0.39, 0.29) is 39.6 Å². The summed E-state index contributed by atoms with van der Waals surface area (Å²) in [7, 11) is 3.19. The van der Waals surface area contributed by atoms with E-state index >= 15 is 0 Å².